The zero-order chi connectivity index (χ0) is 27.3. The molecule has 10 heteroatoms. The van der Waals surface area contributed by atoms with Crippen LogP contribution in [0.15, 0.2) is 54.6 Å². The number of aromatic nitrogens is 2. The van der Waals surface area contributed by atoms with Crippen LogP contribution in [0.25, 0.3) is 11.0 Å². The molecular formula is C28H37N5O4S. The molecule has 9 nitrogen and oxygen atoms in total. The lowest BCUT2D eigenvalue weighted by molar-refractivity contribution is -0.135. The summed E-state index contributed by atoms with van der Waals surface area (Å²) in [6.07, 6.45) is 1.87. The molecule has 1 aliphatic rings. The molecule has 38 heavy (non-hydrogen) atoms. The van der Waals surface area contributed by atoms with Gasteiger partial charge in [-0.05, 0) is 49.8 Å². The molecule has 0 radical (unpaired) electrons. The van der Waals surface area contributed by atoms with Crippen molar-refractivity contribution < 1.29 is 18.0 Å². The summed E-state index contributed by atoms with van der Waals surface area (Å²) in [4.78, 5) is 36.4. The van der Waals surface area contributed by atoms with E-state index >= 15 is 0 Å². The van der Waals surface area contributed by atoms with Crippen LogP contribution in [-0.4, -0.2) is 53.4 Å². The molecule has 1 fully saturated rings. The summed E-state index contributed by atoms with van der Waals surface area (Å²) >= 11 is 0. The number of hydrogen-bond acceptors (Lipinski definition) is 5. The highest BCUT2D eigenvalue weighted by molar-refractivity contribution is 7.89. The summed E-state index contributed by atoms with van der Waals surface area (Å²) < 4.78 is 28.3. The summed E-state index contributed by atoms with van der Waals surface area (Å²) in [5.74, 6) is -0.187. The van der Waals surface area contributed by atoms with Crippen molar-refractivity contribution in [2.24, 2.45) is 5.92 Å². The number of likely N-dealkylation sites (tertiary alicyclic amines) is 1. The first-order valence-corrected chi connectivity index (χ1v) is 14.9. The van der Waals surface area contributed by atoms with Crippen LogP contribution in [0.1, 0.15) is 69.9 Å². The van der Waals surface area contributed by atoms with Crippen molar-refractivity contribution in [2.45, 2.75) is 64.6 Å². The highest BCUT2D eigenvalue weighted by Crippen LogP contribution is 2.32. The van der Waals surface area contributed by atoms with Crippen molar-refractivity contribution in [1.29, 1.82) is 0 Å². The maximum atomic E-state index is 13.5. The van der Waals surface area contributed by atoms with Crippen molar-refractivity contribution >= 4 is 32.9 Å². The van der Waals surface area contributed by atoms with E-state index in [0.29, 0.717) is 18.8 Å². The lowest BCUT2D eigenvalue weighted by Gasteiger charge is -2.27. The first-order chi connectivity index (χ1) is 18.1. The second kappa shape index (κ2) is 12.1. The molecule has 0 spiro atoms. The van der Waals surface area contributed by atoms with Gasteiger partial charge < -0.3 is 15.2 Å². The molecule has 3 aromatic rings. The van der Waals surface area contributed by atoms with Gasteiger partial charge in [-0.15, -0.1) is 0 Å². The molecule has 3 N–H and O–H groups in total. The van der Waals surface area contributed by atoms with E-state index in [4.69, 9.17) is 0 Å². The van der Waals surface area contributed by atoms with Crippen LogP contribution in [0.5, 0.6) is 0 Å². The Labute approximate surface area is 224 Å². The van der Waals surface area contributed by atoms with E-state index in [-0.39, 0.29) is 30.0 Å². The number of imidazole rings is 1. The van der Waals surface area contributed by atoms with E-state index in [9.17, 15) is 18.0 Å². The first-order valence-electron chi connectivity index (χ1n) is 13.2. The van der Waals surface area contributed by atoms with Gasteiger partial charge in [-0.2, -0.15) is 0 Å². The van der Waals surface area contributed by atoms with E-state index in [1.54, 1.807) is 11.8 Å². The lowest BCUT2D eigenvalue weighted by atomic mass is 10.0. The van der Waals surface area contributed by atoms with Crippen LogP contribution in [0.2, 0.25) is 0 Å². The third kappa shape index (κ3) is 6.99. The quantitative estimate of drug-likeness (QED) is 0.342. The maximum Gasteiger partial charge on any atom is 0.239 e. The standard InChI is InChI=1S/C28H37N5O4S/c1-19(2)15-17-38(36,37)32-24(18-26(34)33-16-9-14-25(33)21-10-5-4-6-11-21)28(35)29-20(3)27-30-22-12-7-8-13-23(22)31-27/h4-8,10-13,19-20,24-25,32H,9,14-18H2,1-3H3,(H,29,35)(H,30,31)/t20?,24-,25-/m0/s1. The van der Waals surface area contributed by atoms with Crippen LogP contribution < -0.4 is 10.0 Å². The van der Waals surface area contributed by atoms with Gasteiger partial charge in [-0.25, -0.2) is 18.1 Å². The number of H-pyrrole nitrogens is 1. The van der Waals surface area contributed by atoms with Crippen molar-refractivity contribution in [3.8, 4) is 0 Å². The number of sulfonamides is 1. The number of para-hydroxylation sites is 2. The van der Waals surface area contributed by atoms with Crippen molar-refractivity contribution in [3.63, 3.8) is 0 Å². The second-order valence-electron chi connectivity index (χ2n) is 10.4. The highest BCUT2D eigenvalue weighted by atomic mass is 32.2. The number of carbonyl (C=O) groups is 2. The van der Waals surface area contributed by atoms with Gasteiger partial charge in [-0.3, -0.25) is 9.59 Å². The second-order valence-corrected chi connectivity index (χ2v) is 12.3. The minimum absolute atomic E-state index is 0.0839. The van der Waals surface area contributed by atoms with Crippen LogP contribution >= 0.6 is 0 Å². The number of nitrogens with one attached hydrogen (secondary N) is 3. The van der Waals surface area contributed by atoms with Crippen LogP contribution in [0.3, 0.4) is 0 Å². The number of amides is 2. The predicted molar refractivity (Wildman–Crippen MR) is 148 cm³/mol. The van der Waals surface area contributed by atoms with E-state index in [2.05, 4.69) is 20.0 Å². The largest absolute Gasteiger partial charge is 0.345 e. The Morgan fingerprint density at radius 1 is 1.08 bits per heavy atom. The Morgan fingerprint density at radius 3 is 2.50 bits per heavy atom. The Balaban J connectivity index is 1.51. The topological polar surface area (TPSA) is 124 Å². The number of carbonyl (C=O) groups excluding carboxylic acids is 2. The third-order valence-electron chi connectivity index (χ3n) is 6.92. The fraction of sp³-hybridized carbons (Fsp3) is 0.464. The average Bonchev–Trinajstić information content (AvgIpc) is 3.55. The molecule has 3 atom stereocenters. The molecule has 204 valence electrons. The monoisotopic (exact) mass is 539 g/mol. The van der Waals surface area contributed by atoms with Crippen molar-refractivity contribution in [3.05, 3.63) is 66.0 Å². The smallest absolute Gasteiger partial charge is 0.239 e. The molecule has 1 unspecified atom stereocenters. The Hall–Kier alpha value is -3.24. The molecule has 4 rings (SSSR count). The predicted octanol–water partition coefficient (Wildman–Crippen LogP) is 3.83. The van der Waals surface area contributed by atoms with Crippen LogP contribution in [0.4, 0.5) is 0 Å². The summed E-state index contributed by atoms with van der Waals surface area (Å²) in [6, 6.07) is 15.5. The molecule has 1 saturated heterocycles. The summed E-state index contributed by atoms with van der Waals surface area (Å²) in [7, 11) is -3.78. The number of aromatic amines is 1. The Kier molecular flexibility index (Phi) is 8.83. The summed E-state index contributed by atoms with van der Waals surface area (Å²) in [6.45, 7) is 6.22. The minimum Gasteiger partial charge on any atom is -0.345 e. The number of benzene rings is 2. The van der Waals surface area contributed by atoms with E-state index in [1.807, 2.05) is 68.4 Å². The molecule has 1 aliphatic heterocycles. The van der Waals surface area contributed by atoms with Gasteiger partial charge in [-0.1, -0.05) is 56.3 Å². The molecule has 2 amide bonds. The zero-order valence-electron chi connectivity index (χ0n) is 22.2. The number of fused-ring (bicyclic) bond motifs is 1. The van der Waals surface area contributed by atoms with Gasteiger partial charge >= 0.3 is 0 Å². The normalized spacial score (nSPS) is 17.6. The third-order valence-corrected chi connectivity index (χ3v) is 8.33. The average molecular weight is 540 g/mol. The van der Waals surface area contributed by atoms with Gasteiger partial charge in [0.1, 0.15) is 11.9 Å². The fourth-order valence-corrected chi connectivity index (χ4v) is 6.32. The Morgan fingerprint density at radius 2 is 1.79 bits per heavy atom. The van der Waals surface area contributed by atoms with Gasteiger partial charge in [0.15, 0.2) is 0 Å². The molecule has 2 aromatic carbocycles. The van der Waals surface area contributed by atoms with Gasteiger partial charge in [0.2, 0.25) is 21.8 Å². The van der Waals surface area contributed by atoms with Crippen LogP contribution in [0, 0.1) is 5.92 Å². The summed E-state index contributed by atoms with van der Waals surface area (Å²) in [5.41, 5.74) is 2.65. The molecule has 0 saturated carbocycles. The lowest BCUT2D eigenvalue weighted by Crippen LogP contribution is -2.50. The molecular weight excluding hydrogens is 502 g/mol. The zero-order valence-corrected chi connectivity index (χ0v) is 23.0. The Bertz CT molecular complexity index is 1320. The molecule has 2 heterocycles. The van der Waals surface area contributed by atoms with Crippen LogP contribution in [-0.2, 0) is 19.6 Å². The first kappa shape index (κ1) is 27.8. The summed E-state index contributed by atoms with van der Waals surface area (Å²) in [5, 5.41) is 2.85. The van der Waals surface area contributed by atoms with Gasteiger partial charge in [0, 0.05) is 6.54 Å². The maximum absolute atomic E-state index is 13.5. The molecule has 1 aromatic heterocycles. The molecule has 0 bridgehead atoms. The fourth-order valence-electron chi connectivity index (χ4n) is 4.79. The van der Waals surface area contributed by atoms with Gasteiger partial charge in [0.05, 0.1) is 35.3 Å². The van der Waals surface area contributed by atoms with Gasteiger partial charge in [0.25, 0.3) is 0 Å². The van der Waals surface area contributed by atoms with Crippen molar-refractivity contribution in [2.75, 3.05) is 12.3 Å². The van der Waals surface area contributed by atoms with E-state index in [1.165, 1.54) is 0 Å². The number of rotatable bonds is 11. The SMILES string of the molecule is CC(C)CCS(=O)(=O)N[C@@H](CC(=O)N1CCC[C@H]1c1ccccc1)C(=O)NC(C)c1nc2ccccc2[nH]1. The molecule has 0 aliphatic carbocycles. The highest BCUT2D eigenvalue weighted by Gasteiger charge is 2.34. The number of nitrogens with zero attached hydrogens (tertiary/aromatic N) is 2. The minimum atomic E-state index is -3.78. The van der Waals surface area contributed by atoms with E-state index in [0.717, 1.165) is 29.4 Å². The van der Waals surface area contributed by atoms with Crippen molar-refractivity contribution in [1.82, 2.24) is 24.9 Å². The number of hydrogen-bond donors (Lipinski definition) is 3. The van der Waals surface area contributed by atoms with E-state index < -0.39 is 28.0 Å².